The minimum Gasteiger partial charge on any atom is -0.325 e. The highest BCUT2D eigenvalue weighted by Crippen LogP contribution is 2.38. The van der Waals surface area contributed by atoms with Gasteiger partial charge in [-0.15, -0.1) is 0 Å². The topological polar surface area (TPSA) is 110 Å². The molecule has 0 aliphatic carbocycles. The van der Waals surface area contributed by atoms with Gasteiger partial charge in [0.25, 0.3) is 0 Å². The Morgan fingerprint density at radius 1 is 1.22 bits per heavy atom. The first-order chi connectivity index (χ1) is 15.5. The molecule has 0 atom stereocenters. The Hall–Kier alpha value is -4.22. The molecule has 3 heterocycles. The van der Waals surface area contributed by atoms with Gasteiger partial charge in [0, 0.05) is 41.9 Å². The van der Waals surface area contributed by atoms with Crippen LogP contribution in [0.5, 0.6) is 0 Å². The first-order valence-corrected chi connectivity index (χ1v) is 9.94. The molecule has 2 aromatic heterocycles. The second-order valence-corrected chi connectivity index (χ2v) is 7.48. The van der Waals surface area contributed by atoms with Crippen molar-refractivity contribution in [2.75, 3.05) is 13.1 Å². The zero-order valence-corrected chi connectivity index (χ0v) is 17.1. The summed E-state index contributed by atoms with van der Waals surface area (Å²) in [5.41, 5.74) is 10.2. The molecule has 0 spiro atoms. The molecule has 0 unspecified atom stereocenters. The van der Waals surface area contributed by atoms with Crippen molar-refractivity contribution in [3.8, 4) is 28.5 Å². The summed E-state index contributed by atoms with van der Waals surface area (Å²) >= 11 is 0. The van der Waals surface area contributed by atoms with Crippen molar-refractivity contribution in [1.82, 2.24) is 14.8 Å². The summed E-state index contributed by atoms with van der Waals surface area (Å²) in [7, 11) is 1.70. The molecular weight excluding hydrogens is 407 g/mol. The Kier molecular flexibility index (Phi) is 4.61. The molecule has 0 fully saturated rings. The summed E-state index contributed by atoms with van der Waals surface area (Å²) in [4.78, 5) is 20.7. The van der Waals surface area contributed by atoms with E-state index in [0.717, 1.165) is 5.56 Å². The molecule has 1 aliphatic heterocycles. The van der Waals surface area contributed by atoms with Crippen LogP contribution in [0.25, 0.3) is 33.3 Å². The average Bonchev–Trinajstić information content (AvgIpc) is 3.20. The number of aryl methyl sites for hydroxylation is 1. The second-order valence-electron chi connectivity index (χ2n) is 7.48. The van der Waals surface area contributed by atoms with E-state index < -0.39 is 5.82 Å². The van der Waals surface area contributed by atoms with Crippen molar-refractivity contribution in [2.24, 2.45) is 17.8 Å². The van der Waals surface area contributed by atoms with Crippen molar-refractivity contribution < 1.29 is 9.18 Å². The molecule has 2 aromatic carbocycles. The normalized spacial score (nSPS) is 13.1. The Bertz CT molecular complexity index is 1490. The van der Waals surface area contributed by atoms with Gasteiger partial charge in [0.15, 0.2) is 5.78 Å². The SMILES string of the molecule is Cn1ncc(-c2ccc3c(c2)C(CN)=NCC3=O)c1-c1c(C#N)cc2ncccc2c1F. The molecule has 4 aromatic rings. The number of hydrogen-bond donors (Lipinski definition) is 1. The predicted octanol–water partition coefficient (Wildman–Crippen LogP) is 3.26. The average molecular weight is 424 g/mol. The lowest BCUT2D eigenvalue weighted by molar-refractivity contribution is 0.1000. The molecule has 8 heteroatoms. The van der Waals surface area contributed by atoms with Crippen LogP contribution in [0.1, 0.15) is 21.5 Å². The number of pyridine rings is 1. The first-order valence-electron chi connectivity index (χ1n) is 9.94. The molecular formula is C24H17FN6O. The quantitative estimate of drug-likeness (QED) is 0.543. The third-order valence-corrected chi connectivity index (χ3v) is 5.69. The number of ketones is 1. The summed E-state index contributed by atoms with van der Waals surface area (Å²) in [5.74, 6) is -0.607. The minimum atomic E-state index is -0.533. The predicted molar refractivity (Wildman–Crippen MR) is 119 cm³/mol. The van der Waals surface area contributed by atoms with Gasteiger partial charge in [-0.3, -0.25) is 19.5 Å². The number of nitrogens with zero attached hydrogens (tertiary/aromatic N) is 5. The molecule has 156 valence electrons. The van der Waals surface area contributed by atoms with Crippen LogP contribution in [0, 0.1) is 17.1 Å². The minimum absolute atomic E-state index is 0.0741. The van der Waals surface area contributed by atoms with Gasteiger partial charge in [-0.25, -0.2) is 4.39 Å². The second kappa shape index (κ2) is 7.48. The summed E-state index contributed by atoms with van der Waals surface area (Å²) in [6.45, 7) is 0.285. The van der Waals surface area contributed by atoms with Gasteiger partial charge in [0.2, 0.25) is 0 Å². The van der Waals surface area contributed by atoms with Gasteiger partial charge in [-0.1, -0.05) is 12.1 Å². The number of fused-ring (bicyclic) bond motifs is 2. The molecule has 1 aliphatic rings. The standard InChI is InChI=1S/C24H17FN6O/c1-31-24(22-14(9-26)8-19-16(23(22)25)3-2-6-28-19)18(11-30-31)13-4-5-15-17(7-13)20(10-27)29-12-21(15)32/h2-8,11H,10,12,27H2,1H3. The number of nitrogens with two attached hydrogens (primary N) is 1. The number of aliphatic imine (C=N–C) groups is 1. The van der Waals surface area contributed by atoms with E-state index in [0.29, 0.717) is 39.0 Å². The highest BCUT2D eigenvalue weighted by molar-refractivity contribution is 6.16. The summed E-state index contributed by atoms with van der Waals surface area (Å²) in [6, 6.07) is 12.3. The molecule has 0 bridgehead atoms. The number of halogens is 1. The Morgan fingerprint density at radius 3 is 2.84 bits per heavy atom. The van der Waals surface area contributed by atoms with Gasteiger partial charge >= 0.3 is 0 Å². The summed E-state index contributed by atoms with van der Waals surface area (Å²) in [6.07, 6.45) is 3.18. The lowest BCUT2D eigenvalue weighted by Crippen LogP contribution is -2.24. The fraction of sp³-hybridized carbons (Fsp3) is 0.125. The lowest BCUT2D eigenvalue weighted by Gasteiger charge is -2.17. The third kappa shape index (κ3) is 2.91. The van der Waals surface area contributed by atoms with Crippen molar-refractivity contribution in [2.45, 2.75) is 0 Å². The van der Waals surface area contributed by atoms with E-state index >= 15 is 4.39 Å². The third-order valence-electron chi connectivity index (χ3n) is 5.69. The maximum Gasteiger partial charge on any atom is 0.184 e. The molecule has 32 heavy (non-hydrogen) atoms. The smallest absolute Gasteiger partial charge is 0.184 e. The molecule has 5 rings (SSSR count). The number of carbonyl (C=O) groups is 1. The van der Waals surface area contributed by atoms with E-state index in [1.807, 2.05) is 6.07 Å². The largest absolute Gasteiger partial charge is 0.325 e. The Labute approximate surface area is 182 Å². The first kappa shape index (κ1) is 19.7. The Morgan fingerprint density at radius 2 is 2.06 bits per heavy atom. The van der Waals surface area contributed by atoms with Gasteiger partial charge in [-0.05, 0) is 29.8 Å². The molecule has 2 N–H and O–H groups in total. The van der Waals surface area contributed by atoms with Crippen LogP contribution in [-0.4, -0.2) is 39.3 Å². The van der Waals surface area contributed by atoms with Gasteiger partial charge < -0.3 is 5.73 Å². The van der Waals surface area contributed by atoms with Crippen LogP contribution < -0.4 is 5.73 Å². The maximum absolute atomic E-state index is 15.7. The van der Waals surface area contributed by atoms with E-state index in [4.69, 9.17) is 5.73 Å². The molecule has 0 saturated carbocycles. The van der Waals surface area contributed by atoms with E-state index in [-0.39, 0.29) is 30.0 Å². The number of hydrogen-bond acceptors (Lipinski definition) is 6. The molecule has 7 nitrogen and oxygen atoms in total. The monoisotopic (exact) mass is 424 g/mol. The highest BCUT2D eigenvalue weighted by Gasteiger charge is 2.25. The van der Waals surface area contributed by atoms with E-state index in [2.05, 4.69) is 21.1 Å². The van der Waals surface area contributed by atoms with E-state index in [1.165, 1.54) is 0 Å². The van der Waals surface area contributed by atoms with Crippen LogP contribution in [0.4, 0.5) is 4.39 Å². The Balaban J connectivity index is 1.77. The van der Waals surface area contributed by atoms with Crippen LogP contribution in [0.3, 0.4) is 0 Å². The van der Waals surface area contributed by atoms with Crippen LogP contribution >= 0.6 is 0 Å². The van der Waals surface area contributed by atoms with Crippen molar-refractivity contribution in [1.29, 1.82) is 5.26 Å². The molecule has 0 amide bonds. The van der Waals surface area contributed by atoms with Crippen molar-refractivity contribution in [3.63, 3.8) is 0 Å². The maximum atomic E-state index is 15.7. The van der Waals surface area contributed by atoms with Gasteiger partial charge in [0.05, 0.1) is 34.2 Å². The highest BCUT2D eigenvalue weighted by atomic mass is 19.1. The number of nitriles is 1. The fourth-order valence-electron chi connectivity index (χ4n) is 4.15. The number of aromatic nitrogens is 3. The molecule has 0 radical (unpaired) electrons. The summed E-state index contributed by atoms with van der Waals surface area (Å²) in [5, 5.41) is 14.4. The van der Waals surface area contributed by atoms with Crippen molar-refractivity contribution in [3.05, 3.63) is 71.3 Å². The number of benzene rings is 2. The number of carbonyl (C=O) groups excluding carboxylic acids is 1. The van der Waals surface area contributed by atoms with Crippen LogP contribution in [0.2, 0.25) is 0 Å². The number of rotatable bonds is 3. The van der Waals surface area contributed by atoms with Gasteiger partial charge in [0.1, 0.15) is 18.4 Å². The zero-order valence-electron chi connectivity index (χ0n) is 17.1. The fourth-order valence-corrected chi connectivity index (χ4v) is 4.15. The van der Waals surface area contributed by atoms with Crippen LogP contribution in [0.15, 0.2) is 53.8 Å². The molecule has 0 saturated heterocycles. The van der Waals surface area contributed by atoms with Gasteiger partial charge in [-0.2, -0.15) is 10.4 Å². The van der Waals surface area contributed by atoms with Crippen LogP contribution in [-0.2, 0) is 7.05 Å². The van der Waals surface area contributed by atoms with Crippen molar-refractivity contribution >= 4 is 22.4 Å². The number of Topliss-reactive ketones (excluding diaryl/α,β-unsaturated/α-hetero) is 1. The lowest BCUT2D eigenvalue weighted by atomic mass is 9.90. The summed E-state index contributed by atoms with van der Waals surface area (Å²) < 4.78 is 17.2. The van der Waals surface area contributed by atoms with E-state index in [1.54, 1.807) is 54.5 Å². The van der Waals surface area contributed by atoms with E-state index in [9.17, 15) is 10.1 Å². The zero-order chi connectivity index (χ0) is 22.4.